The minimum atomic E-state index is 0.0156. The molecule has 0 aliphatic heterocycles. The van der Waals surface area contributed by atoms with E-state index in [1.54, 1.807) is 0 Å². The number of para-hydroxylation sites is 1. The molecule has 4 heteroatoms. The monoisotopic (exact) mass is 352 g/mol. The van der Waals surface area contributed by atoms with Crippen LogP contribution in [-0.2, 0) is 6.61 Å². The first kappa shape index (κ1) is 9.48. The van der Waals surface area contributed by atoms with Gasteiger partial charge in [-0.2, -0.15) is 0 Å². The molecule has 0 amide bonds. The molecule has 2 nitrogen and oxygen atoms in total. The summed E-state index contributed by atoms with van der Waals surface area (Å²) in [5.74, 6) is 0. The highest BCUT2D eigenvalue weighted by Gasteiger charge is 2.12. The Hall–Kier alpha value is -0.0700. The maximum Gasteiger partial charge on any atom is 0.170 e. The van der Waals surface area contributed by atoms with E-state index in [4.69, 9.17) is 9.52 Å². The molecular weight excluding hydrogens is 347 g/mol. The summed E-state index contributed by atoms with van der Waals surface area (Å²) in [4.78, 5) is 0. The molecule has 0 atom stereocenters. The van der Waals surface area contributed by atoms with Crippen molar-refractivity contribution < 1.29 is 9.52 Å². The standard InChI is InChI=1S/C9H6BrIO2/c10-7-3-1-2-5-6(4-12)9(11)13-8(5)7/h1-3,12H,4H2. The third kappa shape index (κ3) is 1.51. The highest BCUT2D eigenvalue weighted by atomic mass is 127. The van der Waals surface area contributed by atoms with E-state index in [1.807, 2.05) is 18.2 Å². The topological polar surface area (TPSA) is 33.4 Å². The summed E-state index contributed by atoms with van der Waals surface area (Å²) in [7, 11) is 0. The molecule has 0 unspecified atom stereocenters. The molecule has 0 fully saturated rings. The molecule has 13 heavy (non-hydrogen) atoms. The summed E-state index contributed by atoms with van der Waals surface area (Å²) in [5.41, 5.74) is 1.66. The molecule has 0 bridgehead atoms. The van der Waals surface area contributed by atoms with Gasteiger partial charge in [0, 0.05) is 33.5 Å². The summed E-state index contributed by atoms with van der Waals surface area (Å²) in [6.45, 7) is 0.0156. The van der Waals surface area contributed by atoms with Crippen LogP contribution in [0.5, 0.6) is 0 Å². The molecule has 1 N–H and O–H groups in total. The third-order valence-corrected chi connectivity index (χ3v) is 3.37. The Bertz CT molecular complexity index is 450. The molecule has 2 aromatic rings. The lowest BCUT2D eigenvalue weighted by Gasteiger charge is -1.92. The number of aliphatic hydroxyl groups is 1. The van der Waals surface area contributed by atoms with Gasteiger partial charge >= 0.3 is 0 Å². The molecule has 0 radical (unpaired) electrons. The van der Waals surface area contributed by atoms with Gasteiger partial charge in [0.25, 0.3) is 0 Å². The van der Waals surface area contributed by atoms with Crippen LogP contribution in [0.25, 0.3) is 11.0 Å². The average Bonchev–Trinajstić information content (AvgIpc) is 2.43. The zero-order valence-electron chi connectivity index (χ0n) is 6.55. The van der Waals surface area contributed by atoms with Gasteiger partial charge in [-0.3, -0.25) is 0 Å². The lowest BCUT2D eigenvalue weighted by molar-refractivity contribution is 0.280. The van der Waals surface area contributed by atoms with E-state index < -0.39 is 0 Å². The molecule has 1 aromatic heterocycles. The number of aliphatic hydroxyl groups excluding tert-OH is 1. The first-order chi connectivity index (χ1) is 6.24. The fraction of sp³-hybridized carbons (Fsp3) is 0.111. The Balaban J connectivity index is 2.86. The first-order valence-electron chi connectivity index (χ1n) is 3.70. The smallest absolute Gasteiger partial charge is 0.170 e. The van der Waals surface area contributed by atoms with Crippen molar-refractivity contribution in [2.24, 2.45) is 0 Å². The Morgan fingerprint density at radius 2 is 2.23 bits per heavy atom. The summed E-state index contributed by atoms with van der Waals surface area (Å²) in [6.07, 6.45) is 0. The van der Waals surface area contributed by atoms with Crippen molar-refractivity contribution in [3.8, 4) is 0 Å². The molecule has 0 aliphatic rings. The lowest BCUT2D eigenvalue weighted by Crippen LogP contribution is -1.81. The number of furan rings is 1. The fourth-order valence-electron chi connectivity index (χ4n) is 1.25. The van der Waals surface area contributed by atoms with E-state index in [0.29, 0.717) is 0 Å². The Morgan fingerprint density at radius 1 is 1.46 bits per heavy atom. The number of halogens is 2. The molecular formula is C9H6BrIO2. The van der Waals surface area contributed by atoms with Crippen LogP contribution in [0.1, 0.15) is 5.56 Å². The Morgan fingerprint density at radius 3 is 2.92 bits per heavy atom. The maximum absolute atomic E-state index is 9.12. The molecule has 1 heterocycles. The summed E-state index contributed by atoms with van der Waals surface area (Å²) < 4.78 is 7.17. The number of hydrogen-bond donors (Lipinski definition) is 1. The van der Waals surface area contributed by atoms with Crippen molar-refractivity contribution in [3.05, 3.63) is 32.0 Å². The molecule has 2 rings (SSSR count). The van der Waals surface area contributed by atoms with E-state index in [9.17, 15) is 0 Å². The molecule has 1 aromatic carbocycles. The molecule has 0 aliphatic carbocycles. The quantitative estimate of drug-likeness (QED) is 0.799. The zero-order valence-corrected chi connectivity index (χ0v) is 10.3. The number of rotatable bonds is 1. The van der Waals surface area contributed by atoms with Crippen LogP contribution in [0, 0.1) is 3.77 Å². The SMILES string of the molecule is OCc1c(I)oc2c(Br)cccc12. The van der Waals surface area contributed by atoms with Crippen LogP contribution in [0.4, 0.5) is 0 Å². The second-order valence-electron chi connectivity index (χ2n) is 2.63. The molecule has 0 saturated heterocycles. The predicted molar refractivity (Wildman–Crippen MR) is 62.6 cm³/mol. The van der Waals surface area contributed by atoms with E-state index >= 15 is 0 Å². The normalized spacial score (nSPS) is 11.0. The van der Waals surface area contributed by atoms with Gasteiger partial charge in [0.15, 0.2) is 3.77 Å². The van der Waals surface area contributed by atoms with Gasteiger partial charge in [-0.05, 0) is 22.0 Å². The van der Waals surface area contributed by atoms with Crippen LogP contribution >= 0.6 is 38.5 Å². The number of benzene rings is 1. The van der Waals surface area contributed by atoms with Gasteiger partial charge in [0.05, 0.1) is 11.1 Å². The van der Waals surface area contributed by atoms with Crippen molar-refractivity contribution in [2.45, 2.75) is 6.61 Å². The zero-order chi connectivity index (χ0) is 9.42. The van der Waals surface area contributed by atoms with Crippen molar-refractivity contribution in [1.82, 2.24) is 0 Å². The Kier molecular flexibility index (Phi) is 2.62. The minimum Gasteiger partial charge on any atom is -0.449 e. The van der Waals surface area contributed by atoms with Crippen LogP contribution in [0.15, 0.2) is 27.1 Å². The van der Waals surface area contributed by atoms with Crippen LogP contribution in [0.3, 0.4) is 0 Å². The van der Waals surface area contributed by atoms with E-state index in [2.05, 4.69) is 38.5 Å². The minimum absolute atomic E-state index is 0.0156. The summed E-state index contributed by atoms with van der Waals surface area (Å²) in [6, 6.07) is 5.79. The Labute approximate surface area is 97.2 Å². The highest BCUT2D eigenvalue weighted by molar-refractivity contribution is 14.1. The lowest BCUT2D eigenvalue weighted by atomic mass is 10.2. The third-order valence-electron chi connectivity index (χ3n) is 1.88. The van der Waals surface area contributed by atoms with Crippen LogP contribution in [-0.4, -0.2) is 5.11 Å². The van der Waals surface area contributed by atoms with Gasteiger partial charge in [-0.25, -0.2) is 0 Å². The average molecular weight is 353 g/mol. The molecule has 68 valence electrons. The van der Waals surface area contributed by atoms with Crippen LogP contribution < -0.4 is 0 Å². The van der Waals surface area contributed by atoms with E-state index in [-0.39, 0.29) is 6.61 Å². The van der Waals surface area contributed by atoms with Gasteiger partial charge in [0.2, 0.25) is 0 Å². The highest BCUT2D eigenvalue weighted by Crippen LogP contribution is 2.31. The second-order valence-corrected chi connectivity index (χ2v) is 4.46. The van der Waals surface area contributed by atoms with E-state index in [0.717, 1.165) is 24.8 Å². The van der Waals surface area contributed by atoms with E-state index in [1.165, 1.54) is 0 Å². The first-order valence-corrected chi connectivity index (χ1v) is 5.57. The van der Waals surface area contributed by atoms with Gasteiger partial charge in [-0.15, -0.1) is 0 Å². The van der Waals surface area contributed by atoms with Crippen molar-refractivity contribution in [2.75, 3.05) is 0 Å². The maximum atomic E-state index is 9.12. The predicted octanol–water partition coefficient (Wildman–Crippen LogP) is 3.29. The summed E-state index contributed by atoms with van der Waals surface area (Å²) in [5, 5.41) is 10.1. The van der Waals surface area contributed by atoms with Crippen molar-refractivity contribution >= 4 is 49.5 Å². The fourth-order valence-corrected chi connectivity index (χ4v) is 2.38. The van der Waals surface area contributed by atoms with Gasteiger partial charge in [0.1, 0.15) is 5.58 Å². The largest absolute Gasteiger partial charge is 0.449 e. The second kappa shape index (κ2) is 3.59. The number of fused-ring (bicyclic) bond motifs is 1. The number of hydrogen-bond acceptors (Lipinski definition) is 2. The summed E-state index contributed by atoms with van der Waals surface area (Å²) >= 11 is 5.48. The van der Waals surface area contributed by atoms with Crippen molar-refractivity contribution in [1.29, 1.82) is 0 Å². The molecule has 0 spiro atoms. The van der Waals surface area contributed by atoms with Crippen molar-refractivity contribution in [3.63, 3.8) is 0 Å². The molecule has 0 saturated carbocycles. The van der Waals surface area contributed by atoms with Crippen LogP contribution in [0.2, 0.25) is 0 Å². The van der Waals surface area contributed by atoms with Gasteiger partial charge in [-0.1, -0.05) is 12.1 Å². The van der Waals surface area contributed by atoms with Gasteiger partial charge < -0.3 is 9.52 Å².